The molecule has 0 heterocycles. The highest BCUT2D eigenvalue weighted by atomic mass is 32.2. The lowest BCUT2D eigenvalue weighted by molar-refractivity contribution is -0.387. The van der Waals surface area contributed by atoms with Crippen molar-refractivity contribution < 1.29 is 14.4 Å². The quantitative estimate of drug-likeness (QED) is 0.592. The number of halogens is 1. The van der Waals surface area contributed by atoms with Crippen LogP contribution in [0.15, 0.2) is 18.2 Å². The lowest BCUT2D eigenvalue weighted by Crippen LogP contribution is -2.37. The van der Waals surface area contributed by atoms with Gasteiger partial charge in [-0.2, -0.15) is 16.2 Å². The Balaban J connectivity index is 2.64. The zero-order chi connectivity index (χ0) is 14.4. The first kappa shape index (κ1) is 15.9. The van der Waals surface area contributed by atoms with E-state index in [0.717, 1.165) is 12.1 Å². The number of aliphatic hydroxyl groups excluding tert-OH is 1. The van der Waals surface area contributed by atoms with E-state index in [1.807, 2.05) is 13.2 Å². The van der Waals surface area contributed by atoms with Crippen LogP contribution in [0.5, 0.6) is 0 Å². The molecule has 0 aliphatic heterocycles. The first-order chi connectivity index (χ1) is 8.99. The number of nitro groups is 1. The van der Waals surface area contributed by atoms with Crippen molar-refractivity contribution in [2.75, 3.05) is 12.9 Å². The second-order valence-electron chi connectivity index (χ2n) is 4.17. The standard InChI is InChI=1S/C12H17FN2O3S/c1-8(12(7-16)19-2)14-6-9-3-4-11(15(17)18)10(13)5-9/h3-5,8,12,14,16H,6-7H2,1-2H3. The van der Waals surface area contributed by atoms with Crippen LogP contribution in [0, 0.1) is 15.9 Å². The second-order valence-corrected chi connectivity index (χ2v) is 5.25. The van der Waals surface area contributed by atoms with Gasteiger partial charge in [0.2, 0.25) is 5.82 Å². The molecule has 0 aliphatic carbocycles. The molecule has 1 rings (SSSR count). The van der Waals surface area contributed by atoms with Crippen molar-refractivity contribution in [1.29, 1.82) is 0 Å². The van der Waals surface area contributed by atoms with Crippen LogP contribution in [0.4, 0.5) is 10.1 Å². The maximum absolute atomic E-state index is 13.4. The molecule has 0 saturated carbocycles. The van der Waals surface area contributed by atoms with Crippen LogP contribution in [0.2, 0.25) is 0 Å². The number of benzene rings is 1. The van der Waals surface area contributed by atoms with Gasteiger partial charge in [-0.1, -0.05) is 6.07 Å². The van der Waals surface area contributed by atoms with Gasteiger partial charge >= 0.3 is 5.69 Å². The van der Waals surface area contributed by atoms with Gasteiger partial charge in [0, 0.05) is 23.9 Å². The normalized spacial score (nSPS) is 14.1. The minimum atomic E-state index is -0.833. The number of rotatable bonds is 7. The molecule has 106 valence electrons. The molecule has 0 aromatic heterocycles. The van der Waals surface area contributed by atoms with Crippen LogP contribution in [0.25, 0.3) is 0 Å². The predicted octanol–water partition coefficient (Wildman–Crippen LogP) is 1.94. The molecule has 2 atom stereocenters. The molecular weight excluding hydrogens is 271 g/mol. The van der Waals surface area contributed by atoms with Crippen LogP contribution >= 0.6 is 11.8 Å². The Morgan fingerprint density at radius 2 is 2.26 bits per heavy atom. The monoisotopic (exact) mass is 288 g/mol. The Bertz CT molecular complexity index is 441. The minimum Gasteiger partial charge on any atom is -0.395 e. The smallest absolute Gasteiger partial charge is 0.304 e. The third kappa shape index (κ3) is 4.45. The molecule has 0 radical (unpaired) electrons. The Morgan fingerprint density at radius 1 is 1.58 bits per heavy atom. The first-order valence-electron chi connectivity index (χ1n) is 5.79. The highest BCUT2D eigenvalue weighted by Crippen LogP contribution is 2.18. The molecule has 1 aromatic rings. The summed E-state index contributed by atoms with van der Waals surface area (Å²) in [5, 5.41) is 22.8. The van der Waals surface area contributed by atoms with Crippen molar-refractivity contribution in [2.24, 2.45) is 0 Å². The largest absolute Gasteiger partial charge is 0.395 e. The summed E-state index contributed by atoms with van der Waals surface area (Å²) in [5.41, 5.74) is 0.113. The van der Waals surface area contributed by atoms with Crippen LogP contribution in [-0.4, -0.2) is 34.2 Å². The zero-order valence-corrected chi connectivity index (χ0v) is 11.6. The summed E-state index contributed by atoms with van der Waals surface area (Å²) in [6.45, 7) is 2.39. The van der Waals surface area contributed by atoms with Crippen LogP contribution in [0.1, 0.15) is 12.5 Å². The Hall–Kier alpha value is -1.18. The fourth-order valence-corrected chi connectivity index (χ4v) is 2.31. The molecule has 0 bridgehead atoms. The average molecular weight is 288 g/mol. The summed E-state index contributed by atoms with van der Waals surface area (Å²) < 4.78 is 13.4. The molecule has 2 unspecified atom stereocenters. The summed E-state index contributed by atoms with van der Waals surface area (Å²) in [7, 11) is 0. The van der Waals surface area contributed by atoms with Crippen molar-refractivity contribution >= 4 is 17.4 Å². The molecule has 5 nitrogen and oxygen atoms in total. The van der Waals surface area contributed by atoms with Crippen molar-refractivity contribution in [1.82, 2.24) is 5.32 Å². The van der Waals surface area contributed by atoms with Gasteiger partial charge in [0.1, 0.15) is 0 Å². The maximum Gasteiger partial charge on any atom is 0.304 e. The Labute approximate surface area is 115 Å². The van der Waals surface area contributed by atoms with E-state index >= 15 is 0 Å². The number of hydrogen-bond donors (Lipinski definition) is 2. The third-order valence-electron chi connectivity index (χ3n) is 2.88. The van der Waals surface area contributed by atoms with Gasteiger partial charge in [-0.3, -0.25) is 10.1 Å². The van der Waals surface area contributed by atoms with E-state index in [-0.39, 0.29) is 17.9 Å². The van der Waals surface area contributed by atoms with E-state index in [0.29, 0.717) is 12.1 Å². The van der Waals surface area contributed by atoms with E-state index < -0.39 is 16.4 Å². The molecular formula is C12H17FN2O3S. The van der Waals surface area contributed by atoms with Gasteiger partial charge in [-0.15, -0.1) is 0 Å². The van der Waals surface area contributed by atoms with Gasteiger partial charge in [0.15, 0.2) is 0 Å². The molecule has 0 spiro atoms. The lowest BCUT2D eigenvalue weighted by atomic mass is 10.1. The molecule has 19 heavy (non-hydrogen) atoms. The SMILES string of the molecule is CSC(CO)C(C)NCc1ccc([N+](=O)[O-])c(F)c1. The minimum absolute atomic E-state index is 0.0539. The second kappa shape index (κ2) is 7.42. The van der Waals surface area contributed by atoms with Crippen LogP contribution < -0.4 is 5.32 Å². The van der Waals surface area contributed by atoms with Crippen LogP contribution in [-0.2, 0) is 6.54 Å². The van der Waals surface area contributed by atoms with E-state index in [1.165, 1.54) is 6.07 Å². The van der Waals surface area contributed by atoms with Gasteiger partial charge in [0.25, 0.3) is 0 Å². The van der Waals surface area contributed by atoms with E-state index in [4.69, 9.17) is 5.11 Å². The zero-order valence-electron chi connectivity index (χ0n) is 10.8. The van der Waals surface area contributed by atoms with Crippen molar-refractivity contribution in [3.63, 3.8) is 0 Å². The third-order valence-corrected chi connectivity index (χ3v) is 4.04. The maximum atomic E-state index is 13.4. The Morgan fingerprint density at radius 3 is 2.74 bits per heavy atom. The van der Waals surface area contributed by atoms with Gasteiger partial charge in [-0.25, -0.2) is 0 Å². The van der Waals surface area contributed by atoms with Gasteiger partial charge in [-0.05, 0) is 24.8 Å². The molecule has 0 fully saturated rings. The van der Waals surface area contributed by atoms with E-state index in [2.05, 4.69) is 5.32 Å². The van der Waals surface area contributed by atoms with E-state index in [1.54, 1.807) is 11.8 Å². The van der Waals surface area contributed by atoms with Crippen molar-refractivity contribution in [3.05, 3.63) is 39.7 Å². The summed E-state index contributed by atoms with van der Waals surface area (Å²) in [6, 6.07) is 3.90. The fraction of sp³-hybridized carbons (Fsp3) is 0.500. The lowest BCUT2D eigenvalue weighted by Gasteiger charge is -2.21. The van der Waals surface area contributed by atoms with Gasteiger partial charge < -0.3 is 10.4 Å². The average Bonchev–Trinajstić information content (AvgIpc) is 2.37. The van der Waals surface area contributed by atoms with Gasteiger partial charge in [0.05, 0.1) is 11.5 Å². The number of aliphatic hydroxyl groups is 1. The predicted molar refractivity (Wildman–Crippen MR) is 73.7 cm³/mol. The summed E-state index contributed by atoms with van der Waals surface area (Å²) in [6.07, 6.45) is 1.91. The number of nitrogens with one attached hydrogen (secondary N) is 1. The Kier molecular flexibility index (Phi) is 6.20. The van der Waals surface area contributed by atoms with E-state index in [9.17, 15) is 14.5 Å². The number of thioether (sulfide) groups is 1. The number of hydrogen-bond acceptors (Lipinski definition) is 5. The highest BCUT2D eigenvalue weighted by molar-refractivity contribution is 7.99. The fourth-order valence-electron chi connectivity index (χ4n) is 1.66. The van der Waals surface area contributed by atoms with Crippen molar-refractivity contribution in [3.8, 4) is 0 Å². The molecule has 1 aromatic carbocycles. The summed E-state index contributed by atoms with van der Waals surface area (Å²) >= 11 is 1.55. The number of nitro benzene ring substituents is 1. The molecule has 7 heteroatoms. The molecule has 0 saturated heterocycles. The number of nitrogens with zero attached hydrogens (tertiary/aromatic N) is 1. The topological polar surface area (TPSA) is 75.4 Å². The summed E-state index contributed by atoms with van der Waals surface area (Å²) in [5.74, 6) is -0.833. The molecule has 2 N–H and O–H groups in total. The highest BCUT2D eigenvalue weighted by Gasteiger charge is 2.16. The summed E-state index contributed by atoms with van der Waals surface area (Å²) in [4.78, 5) is 9.74. The van der Waals surface area contributed by atoms with Crippen LogP contribution in [0.3, 0.4) is 0 Å². The first-order valence-corrected chi connectivity index (χ1v) is 7.08. The van der Waals surface area contributed by atoms with Crippen molar-refractivity contribution in [2.45, 2.75) is 24.8 Å². The molecule has 0 amide bonds. The molecule has 0 aliphatic rings.